The molecule has 3 rings (SSSR count). The van der Waals surface area contributed by atoms with Crippen molar-refractivity contribution in [1.29, 1.82) is 0 Å². The number of carbonyl (C=O) groups excluding carboxylic acids is 1. The monoisotopic (exact) mass is 349 g/mol. The van der Waals surface area contributed by atoms with Crippen LogP contribution in [0.1, 0.15) is 50.3 Å². The number of thioether (sulfide) groups is 1. The lowest BCUT2D eigenvalue weighted by Crippen LogP contribution is -2.36. The quantitative estimate of drug-likeness (QED) is 0.834. The first-order valence-corrected chi connectivity index (χ1v) is 8.66. The van der Waals surface area contributed by atoms with E-state index in [1.54, 1.807) is 0 Å². The SMILES string of the molecule is O=C1[C@@H](Sc2nnc(C3CCCCC3)o2)CCN1CC(F)(F)F. The molecule has 23 heavy (non-hydrogen) atoms. The fraction of sp³-hybridized carbons (Fsp3) is 0.786. The van der Waals surface area contributed by atoms with Gasteiger partial charge in [0.1, 0.15) is 6.54 Å². The van der Waals surface area contributed by atoms with Gasteiger partial charge in [-0.1, -0.05) is 31.0 Å². The van der Waals surface area contributed by atoms with Gasteiger partial charge in [0.2, 0.25) is 11.8 Å². The summed E-state index contributed by atoms with van der Waals surface area (Å²) in [5.41, 5.74) is 0. The van der Waals surface area contributed by atoms with Crippen molar-refractivity contribution in [3.05, 3.63) is 5.89 Å². The third kappa shape index (κ3) is 4.19. The smallest absolute Gasteiger partial charge is 0.406 e. The molecule has 1 aromatic heterocycles. The number of alkyl halides is 3. The molecule has 1 amide bonds. The predicted molar refractivity (Wildman–Crippen MR) is 77.0 cm³/mol. The van der Waals surface area contributed by atoms with Crippen LogP contribution >= 0.6 is 11.8 Å². The van der Waals surface area contributed by atoms with Crippen LogP contribution in [0.25, 0.3) is 0 Å². The Hall–Kier alpha value is -1.25. The molecule has 2 fully saturated rings. The minimum absolute atomic E-state index is 0.111. The number of carbonyl (C=O) groups is 1. The van der Waals surface area contributed by atoms with E-state index in [1.165, 1.54) is 6.42 Å². The largest absolute Gasteiger partial charge is 0.416 e. The topological polar surface area (TPSA) is 59.2 Å². The summed E-state index contributed by atoms with van der Waals surface area (Å²) in [5, 5.41) is 7.69. The molecule has 0 aromatic carbocycles. The van der Waals surface area contributed by atoms with Gasteiger partial charge in [-0.2, -0.15) is 13.2 Å². The van der Waals surface area contributed by atoms with Crippen molar-refractivity contribution in [3.63, 3.8) is 0 Å². The first-order valence-electron chi connectivity index (χ1n) is 7.78. The Bertz CT molecular complexity index is 558. The maximum Gasteiger partial charge on any atom is 0.406 e. The Labute approximate surface area is 136 Å². The molecule has 1 saturated heterocycles. The van der Waals surface area contributed by atoms with Gasteiger partial charge in [0.25, 0.3) is 5.22 Å². The van der Waals surface area contributed by atoms with Crippen LogP contribution in [0.4, 0.5) is 13.2 Å². The van der Waals surface area contributed by atoms with Crippen LogP contribution in [0.2, 0.25) is 0 Å². The highest BCUT2D eigenvalue weighted by atomic mass is 32.2. The number of hydrogen-bond acceptors (Lipinski definition) is 5. The molecule has 0 radical (unpaired) electrons. The molecule has 0 unspecified atom stereocenters. The van der Waals surface area contributed by atoms with E-state index in [0.29, 0.717) is 12.3 Å². The number of aromatic nitrogens is 2. The van der Waals surface area contributed by atoms with Gasteiger partial charge < -0.3 is 9.32 Å². The molecule has 1 aliphatic heterocycles. The van der Waals surface area contributed by atoms with Gasteiger partial charge in [-0.3, -0.25) is 4.79 Å². The van der Waals surface area contributed by atoms with Crippen molar-refractivity contribution in [3.8, 4) is 0 Å². The second kappa shape index (κ2) is 6.70. The standard InChI is InChI=1S/C14H18F3N3O2S/c15-14(16,17)8-20-7-6-10(12(20)21)23-13-19-18-11(22-13)9-4-2-1-3-5-9/h9-10H,1-8H2/t10-/m0/s1. The molecule has 2 heterocycles. The third-order valence-corrected chi connectivity index (χ3v) is 5.33. The fourth-order valence-corrected chi connectivity index (χ4v) is 4.04. The Morgan fingerprint density at radius 3 is 2.61 bits per heavy atom. The number of hydrogen-bond donors (Lipinski definition) is 0. The molecule has 5 nitrogen and oxygen atoms in total. The lowest BCUT2D eigenvalue weighted by molar-refractivity contribution is -0.157. The normalized spacial score (nSPS) is 23.7. The Morgan fingerprint density at radius 2 is 1.91 bits per heavy atom. The molecule has 1 saturated carbocycles. The number of amides is 1. The Balaban J connectivity index is 1.57. The van der Waals surface area contributed by atoms with E-state index in [1.807, 2.05) is 0 Å². The zero-order valence-corrected chi connectivity index (χ0v) is 13.3. The molecular formula is C14H18F3N3O2S. The van der Waals surface area contributed by atoms with Crippen LogP contribution in [0, 0.1) is 0 Å². The van der Waals surface area contributed by atoms with Crippen LogP contribution in [0.5, 0.6) is 0 Å². The van der Waals surface area contributed by atoms with Gasteiger partial charge in [-0.15, -0.1) is 10.2 Å². The number of rotatable bonds is 4. The maximum atomic E-state index is 12.4. The first kappa shape index (κ1) is 16.6. The molecule has 9 heteroatoms. The molecule has 1 atom stereocenters. The van der Waals surface area contributed by atoms with Crippen molar-refractivity contribution in [2.24, 2.45) is 0 Å². The second-order valence-corrected chi connectivity index (χ2v) is 7.17. The fourth-order valence-electron chi connectivity index (χ4n) is 3.10. The van der Waals surface area contributed by atoms with Gasteiger partial charge in [-0.25, -0.2) is 0 Å². The van der Waals surface area contributed by atoms with Gasteiger partial charge in [0, 0.05) is 12.5 Å². The van der Waals surface area contributed by atoms with Crippen LogP contribution < -0.4 is 0 Å². The van der Waals surface area contributed by atoms with Crippen LogP contribution in [-0.4, -0.2) is 45.5 Å². The highest BCUT2D eigenvalue weighted by Crippen LogP contribution is 2.35. The molecule has 0 bridgehead atoms. The molecule has 128 valence electrons. The third-order valence-electron chi connectivity index (χ3n) is 4.24. The predicted octanol–water partition coefficient (Wildman–Crippen LogP) is 3.37. The lowest BCUT2D eigenvalue weighted by atomic mass is 9.89. The minimum Gasteiger partial charge on any atom is -0.416 e. The molecular weight excluding hydrogens is 331 g/mol. The number of nitrogens with zero attached hydrogens (tertiary/aromatic N) is 3. The lowest BCUT2D eigenvalue weighted by Gasteiger charge is -2.18. The summed E-state index contributed by atoms with van der Waals surface area (Å²) < 4.78 is 42.8. The van der Waals surface area contributed by atoms with E-state index in [4.69, 9.17) is 4.42 Å². The van der Waals surface area contributed by atoms with Gasteiger partial charge >= 0.3 is 6.18 Å². The summed E-state index contributed by atoms with van der Waals surface area (Å²) in [6.07, 6.45) is 1.54. The van der Waals surface area contributed by atoms with Gasteiger partial charge in [0.15, 0.2) is 0 Å². The second-order valence-electron chi connectivity index (χ2n) is 6.01. The first-order chi connectivity index (χ1) is 10.9. The van der Waals surface area contributed by atoms with Crippen molar-refractivity contribution in [1.82, 2.24) is 15.1 Å². The van der Waals surface area contributed by atoms with Crippen LogP contribution in [-0.2, 0) is 4.79 Å². The van der Waals surface area contributed by atoms with Crippen molar-refractivity contribution in [2.75, 3.05) is 13.1 Å². The average molecular weight is 349 g/mol. The van der Waals surface area contributed by atoms with E-state index < -0.39 is 23.9 Å². The van der Waals surface area contributed by atoms with Gasteiger partial charge in [-0.05, 0) is 19.3 Å². The van der Waals surface area contributed by atoms with Crippen LogP contribution in [0.15, 0.2) is 9.64 Å². The van der Waals surface area contributed by atoms with E-state index in [2.05, 4.69) is 10.2 Å². The van der Waals surface area contributed by atoms with Crippen molar-refractivity contribution < 1.29 is 22.4 Å². The van der Waals surface area contributed by atoms with E-state index >= 15 is 0 Å². The molecule has 0 spiro atoms. The van der Waals surface area contributed by atoms with E-state index in [0.717, 1.165) is 42.3 Å². The summed E-state index contributed by atoms with van der Waals surface area (Å²) in [6, 6.07) is 0. The summed E-state index contributed by atoms with van der Waals surface area (Å²) in [6.45, 7) is -1.08. The zero-order valence-electron chi connectivity index (χ0n) is 12.5. The van der Waals surface area contributed by atoms with E-state index in [-0.39, 0.29) is 17.7 Å². The summed E-state index contributed by atoms with van der Waals surface area (Å²) in [7, 11) is 0. The van der Waals surface area contributed by atoms with E-state index in [9.17, 15) is 18.0 Å². The minimum atomic E-state index is -4.37. The highest BCUT2D eigenvalue weighted by molar-refractivity contribution is 8.00. The summed E-state index contributed by atoms with van der Waals surface area (Å²) in [4.78, 5) is 12.9. The molecule has 1 aliphatic carbocycles. The Morgan fingerprint density at radius 1 is 1.17 bits per heavy atom. The van der Waals surface area contributed by atoms with Gasteiger partial charge in [0.05, 0.1) is 5.25 Å². The Kier molecular flexibility index (Phi) is 4.84. The van der Waals surface area contributed by atoms with Crippen molar-refractivity contribution in [2.45, 2.75) is 61.1 Å². The zero-order chi connectivity index (χ0) is 16.4. The maximum absolute atomic E-state index is 12.4. The summed E-state index contributed by atoms with van der Waals surface area (Å²) >= 11 is 1.08. The highest BCUT2D eigenvalue weighted by Gasteiger charge is 2.40. The van der Waals surface area contributed by atoms with Crippen molar-refractivity contribution >= 4 is 17.7 Å². The number of halogens is 3. The number of likely N-dealkylation sites (tertiary alicyclic amines) is 1. The molecule has 1 aromatic rings. The molecule has 0 N–H and O–H groups in total. The molecule has 2 aliphatic rings. The summed E-state index contributed by atoms with van der Waals surface area (Å²) in [5.74, 6) is 0.348. The average Bonchev–Trinajstić information content (AvgIpc) is 3.09. The van der Waals surface area contributed by atoms with Crippen LogP contribution in [0.3, 0.4) is 0 Å².